The molecule has 252 valence electrons. The van der Waals surface area contributed by atoms with Crippen LogP contribution in [0, 0.1) is 0 Å². The van der Waals surface area contributed by atoms with E-state index in [9.17, 15) is 44.1 Å². The van der Waals surface area contributed by atoms with Crippen LogP contribution >= 0.6 is 0 Å². The van der Waals surface area contributed by atoms with E-state index >= 15 is 0 Å². The highest BCUT2D eigenvalue weighted by molar-refractivity contribution is 5.96. The molecule has 2 aromatic rings. The number of nitrogens with one attached hydrogen (secondary N) is 5. The predicted molar refractivity (Wildman–Crippen MR) is 162 cm³/mol. The Morgan fingerprint density at radius 1 is 0.804 bits per heavy atom. The number of carboxylic acid groups (broad SMARTS) is 2. The van der Waals surface area contributed by atoms with E-state index in [2.05, 4.69) is 25.9 Å². The number of aliphatic hydroxyl groups is 2. The summed E-state index contributed by atoms with van der Waals surface area (Å²) in [4.78, 5) is 81.0. The Balaban J connectivity index is 2.23. The van der Waals surface area contributed by atoms with E-state index in [0.29, 0.717) is 22.9 Å². The van der Waals surface area contributed by atoms with E-state index in [-0.39, 0.29) is 25.3 Å². The zero-order valence-corrected chi connectivity index (χ0v) is 24.6. The van der Waals surface area contributed by atoms with Crippen molar-refractivity contribution in [3.8, 4) is 0 Å². The molecule has 2 rings (SSSR count). The van der Waals surface area contributed by atoms with Gasteiger partial charge < -0.3 is 63.9 Å². The van der Waals surface area contributed by atoms with Crippen LogP contribution in [0.2, 0.25) is 0 Å². The minimum absolute atomic E-state index is 0.130. The third kappa shape index (κ3) is 11.3. The molecule has 19 nitrogen and oxygen atoms in total. The van der Waals surface area contributed by atoms with Crippen LogP contribution in [0.25, 0.3) is 10.9 Å². The van der Waals surface area contributed by atoms with Crippen molar-refractivity contribution in [2.75, 3.05) is 19.8 Å². The number of nitrogens with two attached hydrogens (primary N) is 3. The Morgan fingerprint density at radius 2 is 1.35 bits per heavy atom. The number of benzene rings is 1. The van der Waals surface area contributed by atoms with Gasteiger partial charge >= 0.3 is 11.9 Å². The van der Waals surface area contributed by atoms with E-state index < -0.39 is 85.4 Å². The second kappa shape index (κ2) is 17.9. The zero-order chi connectivity index (χ0) is 34.4. The minimum atomic E-state index is -1.86. The summed E-state index contributed by atoms with van der Waals surface area (Å²) in [6.45, 7) is -1.68. The van der Waals surface area contributed by atoms with Gasteiger partial charge in [0.15, 0.2) is 5.96 Å². The number of carbonyl (C=O) groups excluding carboxylic acids is 4. The summed E-state index contributed by atoms with van der Waals surface area (Å²) in [6, 6.07) is -0.641. The van der Waals surface area contributed by atoms with Gasteiger partial charge in [-0.3, -0.25) is 29.0 Å². The van der Waals surface area contributed by atoms with Crippen LogP contribution in [0.1, 0.15) is 24.8 Å². The van der Waals surface area contributed by atoms with Gasteiger partial charge in [0.05, 0.1) is 25.7 Å². The largest absolute Gasteiger partial charge is 0.481 e. The first kappa shape index (κ1) is 36.9. The summed E-state index contributed by atoms with van der Waals surface area (Å²) in [5, 5.41) is 47.4. The number of aliphatic carboxylic acids is 2. The second-order valence-electron chi connectivity index (χ2n) is 10.2. The highest BCUT2D eigenvalue weighted by Gasteiger charge is 2.32. The van der Waals surface area contributed by atoms with E-state index in [1.807, 2.05) is 5.32 Å². The first-order chi connectivity index (χ1) is 21.8. The Kier molecular flexibility index (Phi) is 14.4. The first-order valence-corrected chi connectivity index (χ1v) is 14.0. The van der Waals surface area contributed by atoms with Crippen LogP contribution in [-0.4, -0.2) is 117 Å². The van der Waals surface area contributed by atoms with Crippen LogP contribution in [-0.2, 0) is 35.2 Å². The third-order valence-corrected chi connectivity index (χ3v) is 6.66. The molecule has 0 aliphatic rings. The molecule has 0 saturated carbocycles. The number of H-pyrrole nitrogens is 1. The number of carboxylic acids is 2. The fraction of sp³-hybridized carbons (Fsp3) is 0.444. The number of guanidine groups is 1. The molecular formula is C27H39N9O10. The molecule has 1 heterocycles. The lowest BCUT2D eigenvalue weighted by molar-refractivity contribution is -0.147. The van der Waals surface area contributed by atoms with Gasteiger partial charge in [-0.05, 0) is 24.5 Å². The van der Waals surface area contributed by atoms with E-state index in [1.165, 1.54) is 0 Å². The van der Waals surface area contributed by atoms with Crippen molar-refractivity contribution in [1.82, 2.24) is 26.3 Å². The Bertz CT molecular complexity index is 1430. The maximum absolute atomic E-state index is 13.4. The molecule has 46 heavy (non-hydrogen) atoms. The van der Waals surface area contributed by atoms with Gasteiger partial charge in [0.1, 0.15) is 24.2 Å². The molecule has 0 spiro atoms. The maximum Gasteiger partial charge on any atom is 0.326 e. The normalized spacial score (nSPS) is 14.2. The van der Waals surface area contributed by atoms with Gasteiger partial charge in [0.2, 0.25) is 23.6 Å². The molecule has 1 aromatic carbocycles. The van der Waals surface area contributed by atoms with Crippen LogP contribution in [0.5, 0.6) is 0 Å². The molecule has 15 N–H and O–H groups in total. The number of hydrogen-bond acceptors (Lipinski definition) is 10. The molecule has 0 unspecified atom stereocenters. The average molecular weight is 650 g/mol. The Labute approximate surface area is 262 Å². The molecule has 0 radical (unpaired) electrons. The summed E-state index contributed by atoms with van der Waals surface area (Å²) >= 11 is 0. The van der Waals surface area contributed by atoms with Crippen molar-refractivity contribution in [1.29, 1.82) is 0 Å². The van der Waals surface area contributed by atoms with Gasteiger partial charge in [-0.2, -0.15) is 0 Å². The Morgan fingerprint density at radius 3 is 1.91 bits per heavy atom. The van der Waals surface area contributed by atoms with Crippen LogP contribution in [0.3, 0.4) is 0 Å². The highest BCUT2D eigenvalue weighted by Crippen LogP contribution is 2.19. The van der Waals surface area contributed by atoms with Gasteiger partial charge in [-0.15, -0.1) is 0 Å². The zero-order valence-electron chi connectivity index (χ0n) is 24.6. The predicted octanol–water partition coefficient (Wildman–Crippen LogP) is -4.43. The second-order valence-corrected chi connectivity index (χ2v) is 10.2. The number of hydrogen-bond donors (Lipinski definition) is 12. The third-order valence-electron chi connectivity index (χ3n) is 6.66. The van der Waals surface area contributed by atoms with Gasteiger partial charge in [-0.1, -0.05) is 18.2 Å². The lowest BCUT2D eigenvalue weighted by atomic mass is 10.0. The number of carbonyl (C=O) groups is 6. The van der Waals surface area contributed by atoms with Crippen molar-refractivity contribution in [2.45, 2.75) is 55.9 Å². The summed E-state index contributed by atoms with van der Waals surface area (Å²) in [5.74, 6) is -7.27. The monoisotopic (exact) mass is 649 g/mol. The number of aromatic amines is 1. The van der Waals surface area contributed by atoms with Gasteiger partial charge in [0.25, 0.3) is 0 Å². The molecule has 0 saturated heterocycles. The number of para-hydroxylation sites is 1. The molecule has 0 fully saturated rings. The van der Waals surface area contributed by atoms with Crippen molar-refractivity contribution in [3.63, 3.8) is 0 Å². The number of aromatic nitrogens is 1. The Hall–Kier alpha value is -5.27. The standard InChI is InChI=1S/C27H39N9O10/c28-15(5-3-7-31-27(29)30)22(41)35-19(11-37)24(43)33-17(8-13-10-32-16-6-2-1-4-14(13)16)23(42)36-20(12-38)25(44)34-18(26(45)46)9-21(39)40/h1-2,4,6,10,15,17-20,32,37-38H,3,5,7-9,11-12,28H2,(H,33,43)(H,34,44)(H,35,41)(H,36,42)(H,39,40)(H,45,46)(H4,29,30,31)/t15-,17-,18-,19-,20-/m0/s1. The minimum Gasteiger partial charge on any atom is -0.481 e. The number of rotatable bonds is 19. The van der Waals surface area contributed by atoms with Crippen molar-refractivity contribution < 1.29 is 49.2 Å². The summed E-state index contributed by atoms with van der Waals surface area (Å²) in [7, 11) is 0. The van der Waals surface area contributed by atoms with Crippen molar-refractivity contribution in [3.05, 3.63) is 36.0 Å². The summed E-state index contributed by atoms with van der Waals surface area (Å²) in [6.07, 6.45) is 0.935. The number of nitrogens with zero attached hydrogens (tertiary/aromatic N) is 1. The topological polar surface area (TPSA) is 338 Å². The molecule has 4 amide bonds. The number of fused-ring (bicyclic) bond motifs is 1. The average Bonchev–Trinajstić information content (AvgIpc) is 3.41. The lowest BCUT2D eigenvalue weighted by Crippen LogP contribution is -2.60. The van der Waals surface area contributed by atoms with Crippen molar-refractivity contribution in [2.24, 2.45) is 22.2 Å². The van der Waals surface area contributed by atoms with Crippen LogP contribution < -0.4 is 38.5 Å². The van der Waals surface area contributed by atoms with E-state index in [4.69, 9.17) is 22.3 Å². The number of aliphatic imine (C=N–C) groups is 1. The van der Waals surface area contributed by atoms with Crippen molar-refractivity contribution >= 4 is 52.4 Å². The molecule has 0 aliphatic heterocycles. The fourth-order valence-electron chi connectivity index (χ4n) is 4.24. The van der Waals surface area contributed by atoms with Gasteiger partial charge in [0, 0.05) is 30.1 Å². The van der Waals surface area contributed by atoms with Crippen LogP contribution in [0.15, 0.2) is 35.5 Å². The molecule has 0 aliphatic carbocycles. The number of amides is 4. The maximum atomic E-state index is 13.4. The number of aliphatic hydroxyl groups excluding tert-OH is 2. The summed E-state index contributed by atoms with van der Waals surface area (Å²) in [5.41, 5.74) is 17.6. The molecule has 1 aromatic heterocycles. The van der Waals surface area contributed by atoms with E-state index in [0.717, 1.165) is 0 Å². The first-order valence-electron chi connectivity index (χ1n) is 14.0. The quantitative estimate of drug-likeness (QED) is 0.0389. The van der Waals surface area contributed by atoms with Crippen LogP contribution in [0.4, 0.5) is 0 Å². The molecule has 0 bridgehead atoms. The van der Waals surface area contributed by atoms with E-state index in [1.54, 1.807) is 30.5 Å². The summed E-state index contributed by atoms with van der Waals surface area (Å²) < 4.78 is 0. The molecule has 5 atom stereocenters. The molecular weight excluding hydrogens is 610 g/mol. The highest BCUT2D eigenvalue weighted by atomic mass is 16.4. The lowest BCUT2D eigenvalue weighted by Gasteiger charge is -2.25. The SMILES string of the molecule is NC(N)=NCCC[C@H](N)C(=O)N[C@@H](CO)C(=O)N[C@@H](Cc1c[nH]c2ccccc12)C(=O)N[C@@H](CO)C(=O)N[C@@H](CC(=O)O)C(=O)O. The van der Waals surface area contributed by atoms with Gasteiger partial charge in [-0.25, -0.2) is 4.79 Å². The molecule has 19 heteroatoms. The smallest absolute Gasteiger partial charge is 0.326 e. The fourth-order valence-corrected chi connectivity index (χ4v) is 4.24.